The van der Waals surface area contributed by atoms with Crippen LogP contribution in [0.5, 0.6) is 17.5 Å². The van der Waals surface area contributed by atoms with Crippen molar-refractivity contribution in [1.82, 2.24) is 24.3 Å². The van der Waals surface area contributed by atoms with Gasteiger partial charge in [0.25, 0.3) is 5.88 Å². The third-order valence-electron chi connectivity index (χ3n) is 4.44. The standard InChI is InChI=1S/C19H14F2N6O3/c1-29-16-5-11(6-23-17(16)30-2)14-4-3-13-15(25-14)9-26(18(13)28)12-7-24-27(8-12)19(20,21)10-22/h3-9,28H,1-2H3. The fourth-order valence-electron chi connectivity index (χ4n) is 2.95. The number of pyridine rings is 2. The summed E-state index contributed by atoms with van der Waals surface area (Å²) in [5, 5.41) is 23.0. The molecule has 0 radical (unpaired) electrons. The molecule has 4 aromatic rings. The minimum Gasteiger partial charge on any atom is -0.494 e. The average molecular weight is 412 g/mol. The highest BCUT2D eigenvalue weighted by molar-refractivity contribution is 5.87. The van der Waals surface area contributed by atoms with Crippen LogP contribution in [0.15, 0.2) is 43.0 Å². The summed E-state index contributed by atoms with van der Waals surface area (Å²) in [6.45, 7) is 0. The first-order valence-electron chi connectivity index (χ1n) is 8.52. The van der Waals surface area contributed by atoms with Crippen molar-refractivity contribution in [3.63, 3.8) is 0 Å². The summed E-state index contributed by atoms with van der Waals surface area (Å²) < 4.78 is 38.9. The fourth-order valence-corrected chi connectivity index (χ4v) is 2.95. The van der Waals surface area contributed by atoms with Crippen molar-refractivity contribution >= 4 is 10.9 Å². The molecular formula is C19H14F2N6O3. The topological polar surface area (TPSA) is 111 Å². The number of rotatable bonds is 5. The van der Waals surface area contributed by atoms with Gasteiger partial charge in [0.05, 0.1) is 48.9 Å². The maximum atomic E-state index is 13.5. The minimum absolute atomic E-state index is 0.148. The maximum Gasteiger partial charge on any atom is 0.433 e. The van der Waals surface area contributed by atoms with Crippen molar-refractivity contribution in [3.05, 3.63) is 43.0 Å². The van der Waals surface area contributed by atoms with Gasteiger partial charge < -0.3 is 14.6 Å². The van der Waals surface area contributed by atoms with Crippen LogP contribution in [0.2, 0.25) is 0 Å². The summed E-state index contributed by atoms with van der Waals surface area (Å²) in [5.74, 6) is 0.565. The fraction of sp³-hybridized carbons (Fsp3) is 0.158. The predicted octanol–water partition coefficient (Wildman–Crippen LogP) is 3.08. The smallest absolute Gasteiger partial charge is 0.433 e. The summed E-state index contributed by atoms with van der Waals surface area (Å²) in [6.07, 6.45) is 5.12. The third kappa shape index (κ3) is 3.04. The maximum absolute atomic E-state index is 13.5. The Morgan fingerprint density at radius 2 is 1.97 bits per heavy atom. The van der Waals surface area contributed by atoms with E-state index in [1.807, 2.05) is 0 Å². The Bertz CT molecular complexity index is 1290. The number of hydrogen-bond acceptors (Lipinski definition) is 7. The quantitative estimate of drug-likeness (QED) is 0.536. The average Bonchev–Trinajstić information content (AvgIpc) is 3.38. The summed E-state index contributed by atoms with van der Waals surface area (Å²) in [4.78, 5) is 8.69. The molecule has 0 saturated heterocycles. The number of halogens is 2. The van der Waals surface area contributed by atoms with Crippen molar-refractivity contribution < 1.29 is 23.4 Å². The van der Waals surface area contributed by atoms with E-state index in [2.05, 4.69) is 15.1 Å². The lowest BCUT2D eigenvalue weighted by Gasteiger charge is -2.08. The third-order valence-corrected chi connectivity index (χ3v) is 4.44. The molecule has 0 aromatic carbocycles. The van der Waals surface area contributed by atoms with E-state index in [4.69, 9.17) is 14.7 Å². The molecule has 4 aromatic heterocycles. The highest BCUT2D eigenvalue weighted by Crippen LogP contribution is 2.33. The van der Waals surface area contributed by atoms with Crippen molar-refractivity contribution in [1.29, 1.82) is 5.26 Å². The zero-order chi connectivity index (χ0) is 21.5. The lowest BCUT2D eigenvalue weighted by molar-refractivity contribution is -0.0310. The van der Waals surface area contributed by atoms with Crippen LogP contribution in [0.1, 0.15) is 0 Å². The SMILES string of the molecule is COc1cc(-c2ccc3c(O)n(-c4cnn(C(F)(F)C#N)c4)cc3n2)cnc1OC. The zero-order valence-corrected chi connectivity index (χ0v) is 15.7. The normalized spacial score (nSPS) is 11.4. The first-order valence-corrected chi connectivity index (χ1v) is 8.52. The number of nitriles is 1. The van der Waals surface area contributed by atoms with Crippen molar-refractivity contribution in [2.45, 2.75) is 6.05 Å². The van der Waals surface area contributed by atoms with Gasteiger partial charge in [0.1, 0.15) is 0 Å². The number of methoxy groups -OCH3 is 2. The van der Waals surface area contributed by atoms with Crippen LogP contribution in [0.25, 0.3) is 27.8 Å². The van der Waals surface area contributed by atoms with Crippen LogP contribution in [0, 0.1) is 11.3 Å². The Labute approximate surface area is 168 Å². The molecule has 4 heterocycles. The number of nitrogens with zero attached hydrogens (tertiary/aromatic N) is 6. The summed E-state index contributed by atoms with van der Waals surface area (Å²) in [7, 11) is 2.98. The van der Waals surface area contributed by atoms with E-state index in [0.29, 0.717) is 33.8 Å². The molecule has 30 heavy (non-hydrogen) atoms. The molecule has 0 aliphatic heterocycles. The monoisotopic (exact) mass is 412 g/mol. The Morgan fingerprint density at radius 1 is 1.17 bits per heavy atom. The molecule has 0 amide bonds. The molecule has 0 atom stereocenters. The number of aromatic hydroxyl groups is 1. The predicted molar refractivity (Wildman–Crippen MR) is 101 cm³/mol. The van der Waals surface area contributed by atoms with Crippen LogP contribution in [-0.2, 0) is 6.05 Å². The van der Waals surface area contributed by atoms with Gasteiger partial charge in [-0.05, 0) is 18.2 Å². The lowest BCUT2D eigenvalue weighted by atomic mass is 10.1. The number of ether oxygens (including phenoxy) is 2. The molecular weight excluding hydrogens is 398 g/mol. The van der Waals surface area contributed by atoms with E-state index in [1.54, 1.807) is 24.4 Å². The van der Waals surface area contributed by atoms with Gasteiger partial charge in [-0.2, -0.15) is 23.8 Å². The number of alkyl halides is 2. The first kappa shape index (κ1) is 19.1. The molecule has 0 unspecified atom stereocenters. The van der Waals surface area contributed by atoms with Gasteiger partial charge in [-0.3, -0.25) is 4.57 Å². The van der Waals surface area contributed by atoms with Gasteiger partial charge in [0, 0.05) is 18.0 Å². The van der Waals surface area contributed by atoms with Gasteiger partial charge >= 0.3 is 6.05 Å². The Hall–Kier alpha value is -4.20. The van der Waals surface area contributed by atoms with Crippen molar-refractivity contribution in [3.8, 4) is 40.5 Å². The molecule has 0 aliphatic rings. The van der Waals surface area contributed by atoms with Crippen molar-refractivity contribution in [2.24, 2.45) is 0 Å². The lowest BCUT2D eigenvalue weighted by Crippen LogP contribution is -2.20. The van der Waals surface area contributed by atoms with Crippen LogP contribution < -0.4 is 9.47 Å². The Morgan fingerprint density at radius 3 is 2.67 bits per heavy atom. The van der Waals surface area contributed by atoms with Gasteiger partial charge in [0.2, 0.25) is 5.88 Å². The van der Waals surface area contributed by atoms with E-state index in [-0.39, 0.29) is 16.2 Å². The zero-order valence-electron chi connectivity index (χ0n) is 15.7. The Kier molecular flexibility index (Phi) is 4.46. The first-order chi connectivity index (χ1) is 14.4. The molecule has 11 heteroatoms. The largest absolute Gasteiger partial charge is 0.494 e. The number of hydrogen-bond donors (Lipinski definition) is 1. The van der Waals surface area contributed by atoms with Crippen LogP contribution in [0.4, 0.5) is 8.78 Å². The van der Waals surface area contributed by atoms with Crippen LogP contribution in [-0.4, -0.2) is 43.6 Å². The van der Waals surface area contributed by atoms with E-state index in [9.17, 15) is 13.9 Å². The highest BCUT2D eigenvalue weighted by Gasteiger charge is 2.32. The second-order valence-corrected chi connectivity index (χ2v) is 6.18. The van der Waals surface area contributed by atoms with E-state index in [1.165, 1.54) is 25.0 Å². The Balaban J connectivity index is 1.77. The second kappa shape index (κ2) is 7.00. The van der Waals surface area contributed by atoms with Gasteiger partial charge in [0.15, 0.2) is 11.8 Å². The molecule has 0 bridgehead atoms. The molecule has 9 nitrogen and oxygen atoms in total. The minimum atomic E-state index is -3.80. The van der Waals surface area contributed by atoms with Crippen molar-refractivity contribution in [2.75, 3.05) is 14.2 Å². The molecule has 0 spiro atoms. The molecule has 0 fully saturated rings. The molecule has 1 N–H and O–H groups in total. The van der Waals surface area contributed by atoms with Crippen LogP contribution >= 0.6 is 0 Å². The molecule has 0 aliphatic carbocycles. The van der Waals surface area contributed by atoms with Gasteiger partial charge in [-0.1, -0.05) is 0 Å². The van der Waals surface area contributed by atoms with E-state index < -0.39 is 6.05 Å². The molecule has 152 valence electrons. The van der Waals surface area contributed by atoms with Gasteiger partial charge in [-0.25, -0.2) is 9.97 Å². The summed E-state index contributed by atoms with van der Waals surface area (Å²) >= 11 is 0. The highest BCUT2D eigenvalue weighted by atomic mass is 19.3. The molecule has 4 rings (SSSR count). The summed E-state index contributed by atoms with van der Waals surface area (Å²) in [5.41, 5.74) is 1.78. The summed E-state index contributed by atoms with van der Waals surface area (Å²) in [6, 6.07) is 2.11. The molecule has 0 saturated carbocycles. The van der Waals surface area contributed by atoms with Crippen LogP contribution in [0.3, 0.4) is 0 Å². The van der Waals surface area contributed by atoms with E-state index >= 15 is 0 Å². The van der Waals surface area contributed by atoms with E-state index in [0.717, 1.165) is 18.5 Å². The number of aromatic nitrogens is 5. The van der Waals surface area contributed by atoms with Gasteiger partial charge in [-0.15, -0.1) is 0 Å². The number of fused-ring (bicyclic) bond motifs is 1. The second-order valence-electron chi connectivity index (χ2n) is 6.18.